The van der Waals surface area contributed by atoms with E-state index in [2.05, 4.69) is 15.2 Å². The molecule has 22 heavy (non-hydrogen) atoms. The molecule has 0 unspecified atom stereocenters. The van der Waals surface area contributed by atoms with Crippen LogP contribution in [0.1, 0.15) is 25.3 Å². The minimum atomic E-state index is -0.573. The lowest BCUT2D eigenvalue weighted by atomic mass is 9.88. The number of imidazole rings is 1. The van der Waals surface area contributed by atoms with E-state index in [1.165, 1.54) is 0 Å². The Labute approximate surface area is 130 Å². The lowest BCUT2D eigenvalue weighted by Crippen LogP contribution is -2.52. The van der Waals surface area contributed by atoms with Crippen molar-refractivity contribution in [1.82, 2.24) is 19.8 Å². The summed E-state index contributed by atoms with van der Waals surface area (Å²) in [5, 5.41) is 13.6. The van der Waals surface area contributed by atoms with Crippen LogP contribution in [0.15, 0.2) is 18.7 Å². The summed E-state index contributed by atoms with van der Waals surface area (Å²) >= 11 is 0. The second-order valence-corrected chi connectivity index (χ2v) is 6.06. The third-order valence-electron chi connectivity index (χ3n) is 4.55. The summed E-state index contributed by atoms with van der Waals surface area (Å²) < 4.78 is 7.22. The monoisotopic (exact) mass is 308 g/mol. The van der Waals surface area contributed by atoms with Gasteiger partial charge in [0, 0.05) is 25.5 Å². The van der Waals surface area contributed by atoms with Crippen LogP contribution in [-0.4, -0.2) is 70.5 Å². The van der Waals surface area contributed by atoms with E-state index in [4.69, 9.17) is 4.74 Å². The normalized spacial score (nSPS) is 30.1. The largest absolute Gasteiger partial charge is 0.389 e. The first-order valence-electron chi connectivity index (χ1n) is 7.99. The highest BCUT2D eigenvalue weighted by atomic mass is 16.5. The molecule has 0 aromatic carbocycles. The number of aliphatic hydroxyl groups is 1. The summed E-state index contributed by atoms with van der Waals surface area (Å²) in [5.41, 5.74) is 0. The highest BCUT2D eigenvalue weighted by molar-refractivity contribution is 5.78. The molecule has 1 aromatic heterocycles. The van der Waals surface area contributed by atoms with Gasteiger partial charge >= 0.3 is 0 Å². The Morgan fingerprint density at radius 2 is 2.18 bits per heavy atom. The number of ether oxygens (including phenoxy) is 1. The second-order valence-electron chi connectivity index (χ2n) is 6.06. The summed E-state index contributed by atoms with van der Waals surface area (Å²) in [4.78, 5) is 18.3. The molecule has 1 saturated carbocycles. The molecule has 2 N–H and O–H groups in total. The van der Waals surface area contributed by atoms with Crippen molar-refractivity contribution in [2.24, 2.45) is 0 Å². The zero-order valence-electron chi connectivity index (χ0n) is 12.7. The molecule has 0 spiro atoms. The molecule has 1 aromatic rings. The maximum absolute atomic E-state index is 12.2. The van der Waals surface area contributed by atoms with Crippen molar-refractivity contribution in [3.8, 4) is 0 Å². The van der Waals surface area contributed by atoms with Crippen LogP contribution in [0.3, 0.4) is 0 Å². The second kappa shape index (κ2) is 7.21. The fourth-order valence-corrected chi connectivity index (χ4v) is 3.32. The van der Waals surface area contributed by atoms with Gasteiger partial charge in [0.25, 0.3) is 0 Å². The van der Waals surface area contributed by atoms with Gasteiger partial charge < -0.3 is 19.7 Å². The Morgan fingerprint density at radius 1 is 1.36 bits per heavy atom. The summed E-state index contributed by atoms with van der Waals surface area (Å²) in [5.74, 6) is -0.0165. The number of hydrogen-bond donors (Lipinski definition) is 2. The molecule has 0 bridgehead atoms. The smallest absolute Gasteiger partial charge is 0.234 e. The van der Waals surface area contributed by atoms with Gasteiger partial charge in [-0.15, -0.1) is 0 Å². The molecular formula is C15H24N4O3. The van der Waals surface area contributed by atoms with Crippen molar-refractivity contribution in [2.45, 2.75) is 37.5 Å². The van der Waals surface area contributed by atoms with Crippen molar-refractivity contribution in [1.29, 1.82) is 0 Å². The molecule has 7 heteroatoms. The van der Waals surface area contributed by atoms with E-state index in [-0.39, 0.29) is 18.0 Å². The van der Waals surface area contributed by atoms with Gasteiger partial charge in [0.15, 0.2) is 0 Å². The van der Waals surface area contributed by atoms with Gasteiger partial charge in [-0.25, -0.2) is 4.98 Å². The number of hydrogen-bond acceptors (Lipinski definition) is 5. The van der Waals surface area contributed by atoms with Crippen LogP contribution in [0.5, 0.6) is 0 Å². The minimum Gasteiger partial charge on any atom is -0.389 e. The van der Waals surface area contributed by atoms with Gasteiger partial charge in [-0.05, 0) is 19.3 Å². The lowest BCUT2D eigenvalue weighted by molar-refractivity contribution is -0.125. The first-order chi connectivity index (χ1) is 10.7. The molecule has 1 aliphatic carbocycles. The molecule has 7 nitrogen and oxygen atoms in total. The van der Waals surface area contributed by atoms with Gasteiger partial charge in [-0.3, -0.25) is 9.69 Å². The van der Waals surface area contributed by atoms with E-state index in [1.807, 2.05) is 10.8 Å². The average molecular weight is 308 g/mol. The van der Waals surface area contributed by atoms with Crippen LogP contribution in [0.4, 0.5) is 0 Å². The molecule has 122 valence electrons. The molecule has 0 radical (unpaired) electrons. The molecular weight excluding hydrogens is 284 g/mol. The number of nitrogens with zero attached hydrogens (tertiary/aromatic N) is 3. The predicted octanol–water partition coefficient (Wildman–Crippen LogP) is -0.214. The van der Waals surface area contributed by atoms with E-state index < -0.39 is 6.10 Å². The number of morpholine rings is 1. The third-order valence-corrected chi connectivity index (χ3v) is 4.55. The summed E-state index contributed by atoms with van der Waals surface area (Å²) in [7, 11) is 0. The van der Waals surface area contributed by atoms with Crippen molar-refractivity contribution in [3.63, 3.8) is 0 Å². The van der Waals surface area contributed by atoms with Crippen LogP contribution in [0.2, 0.25) is 0 Å². The van der Waals surface area contributed by atoms with Gasteiger partial charge in [0.1, 0.15) is 0 Å². The molecule has 3 atom stereocenters. The SMILES string of the molecule is O=C(CN1CCOCC1)N[C@@H]1CCC[C@@H](n2ccnc2)[C@@H]1O. The van der Waals surface area contributed by atoms with Gasteiger partial charge in [0.2, 0.25) is 5.91 Å². The first kappa shape index (κ1) is 15.5. The van der Waals surface area contributed by atoms with E-state index >= 15 is 0 Å². The first-order valence-corrected chi connectivity index (χ1v) is 7.99. The molecule has 2 aliphatic rings. The molecule has 1 amide bonds. The van der Waals surface area contributed by atoms with Gasteiger partial charge in [-0.1, -0.05) is 0 Å². The summed E-state index contributed by atoms with van der Waals surface area (Å²) in [6.07, 6.45) is 7.46. The maximum atomic E-state index is 12.2. The van der Waals surface area contributed by atoms with Crippen LogP contribution in [0, 0.1) is 0 Å². The zero-order chi connectivity index (χ0) is 15.4. The fraction of sp³-hybridized carbons (Fsp3) is 0.733. The number of rotatable bonds is 4. The Morgan fingerprint density at radius 3 is 2.91 bits per heavy atom. The topological polar surface area (TPSA) is 79.6 Å². The number of carbonyl (C=O) groups is 1. The van der Waals surface area contributed by atoms with Crippen LogP contribution < -0.4 is 5.32 Å². The molecule has 2 fully saturated rings. The van der Waals surface area contributed by atoms with Crippen molar-refractivity contribution in [3.05, 3.63) is 18.7 Å². The van der Waals surface area contributed by atoms with Gasteiger partial charge in [0.05, 0.1) is 44.3 Å². The fourth-order valence-electron chi connectivity index (χ4n) is 3.32. The third kappa shape index (κ3) is 3.66. The number of aliphatic hydroxyl groups excluding tert-OH is 1. The predicted molar refractivity (Wildman–Crippen MR) is 80.3 cm³/mol. The Bertz CT molecular complexity index is 473. The van der Waals surface area contributed by atoms with Crippen molar-refractivity contribution >= 4 is 5.91 Å². The highest BCUT2D eigenvalue weighted by Crippen LogP contribution is 2.28. The molecule has 1 aliphatic heterocycles. The molecule has 2 heterocycles. The average Bonchev–Trinajstić information content (AvgIpc) is 3.04. The van der Waals surface area contributed by atoms with E-state index in [0.29, 0.717) is 19.8 Å². The number of carbonyl (C=O) groups excluding carboxylic acids is 1. The van der Waals surface area contributed by atoms with Gasteiger partial charge in [-0.2, -0.15) is 0 Å². The Balaban J connectivity index is 1.53. The number of aromatic nitrogens is 2. The van der Waals surface area contributed by atoms with Crippen LogP contribution in [-0.2, 0) is 9.53 Å². The van der Waals surface area contributed by atoms with E-state index in [1.54, 1.807) is 12.5 Å². The molecule has 1 saturated heterocycles. The summed E-state index contributed by atoms with van der Waals surface area (Å²) in [6.45, 7) is 3.32. The standard InChI is InChI=1S/C15H24N4O3/c20-14(10-18-6-8-22-9-7-18)17-12-2-1-3-13(15(12)21)19-5-4-16-11-19/h4-5,11-13,15,21H,1-3,6-10H2,(H,17,20)/t12-,13-,15-/m1/s1. The number of amides is 1. The Kier molecular flexibility index (Phi) is 5.07. The van der Waals surface area contributed by atoms with Crippen LogP contribution >= 0.6 is 0 Å². The minimum absolute atomic E-state index is 0.00932. The van der Waals surface area contributed by atoms with Crippen molar-refractivity contribution < 1.29 is 14.6 Å². The Hall–Kier alpha value is -1.44. The maximum Gasteiger partial charge on any atom is 0.234 e. The van der Waals surface area contributed by atoms with Crippen LogP contribution in [0.25, 0.3) is 0 Å². The quantitative estimate of drug-likeness (QED) is 0.804. The van der Waals surface area contributed by atoms with E-state index in [0.717, 1.165) is 32.4 Å². The summed E-state index contributed by atoms with van der Waals surface area (Å²) in [6, 6.07) is -0.195. The van der Waals surface area contributed by atoms with Crippen molar-refractivity contribution in [2.75, 3.05) is 32.8 Å². The molecule has 3 rings (SSSR count). The number of nitrogens with one attached hydrogen (secondary N) is 1. The highest BCUT2D eigenvalue weighted by Gasteiger charge is 2.33. The zero-order valence-corrected chi connectivity index (χ0v) is 12.7. The lowest BCUT2D eigenvalue weighted by Gasteiger charge is -2.36. The van der Waals surface area contributed by atoms with E-state index in [9.17, 15) is 9.90 Å².